The van der Waals surface area contributed by atoms with Gasteiger partial charge in [-0.25, -0.2) is 0 Å². The molecule has 0 saturated carbocycles. The first-order chi connectivity index (χ1) is 6.29. The summed E-state index contributed by atoms with van der Waals surface area (Å²) in [6, 6.07) is 9.63. The number of allylic oxidation sites excluding steroid dienone is 2. The van der Waals surface area contributed by atoms with E-state index < -0.39 is 5.97 Å². The van der Waals surface area contributed by atoms with Crippen LogP contribution in [0.2, 0.25) is 0 Å². The van der Waals surface area contributed by atoms with E-state index in [4.69, 9.17) is 0 Å². The van der Waals surface area contributed by atoms with E-state index >= 15 is 0 Å². The molecule has 0 unspecified atom stereocenters. The molecule has 0 fully saturated rings. The lowest BCUT2D eigenvalue weighted by atomic mass is 10.2. The number of carboxylic acids is 1. The summed E-state index contributed by atoms with van der Waals surface area (Å²) in [6.07, 6.45) is 5.90. The van der Waals surface area contributed by atoms with Gasteiger partial charge in [0.2, 0.25) is 0 Å². The van der Waals surface area contributed by atoms with Crippen LogP contribution >= 0.6 is 0 Å². The second kappa shape index (κ2) is 4.93. The third-order valence-corrected chi connectivity index (χ3v) is 1.43. The van der Waals surface area contributed by atoms with E-state index in [1.165, 1.54) is 6.08 Å². The van der Waals surface area contributed by atoms with Crippen LogP contribution < -0.4 is 5.11 Å². The number of aliphatic carboxylic acids is 1. The SMILES string of the molecule is O=C([O-])C=CC=Cc1ccccc1. The van der Waals surface area contributed by atoms with Crippen LogP contribution in [0.4, 0.5) is 0 Å². The van der Waals surface area contributed by atoms with Gasteiger partial charge in [-0.05, 0) is 11.6 Å². The first-order valence-corrected chi connectivity index (χ1v) is 3.90. The van der Waals surface area contributed by atoms with Crippen molar-refractivity contribution in [1.29, 1.82) is 0 Å². The van der Waals surface area contributed by atoms with Crippen molar-refractivity contribution >= 4 is 12.0 Å². The Morgan fingerprint density at radius 1 is 1.15 bits per heavy atom. The minimum atomic E-state index is -1.18. The lowest BCUT2D eigenvalue weighted by Gasteiger charge is -1.89. The molecule has 0 aliphatic rings. The standard InChI is InChI=1S/C11H10O2/c12-11(13)9-5-4-8-10-6-2-1-3-7-10/h1-9H,(H,12,13)/p-1. The summed E-state index contributed by atoms with van der Waals surface area (Å²) in [4.78, 5) is 9.98. The Labute approximate surface area is 76.8 Å². The molecule has 0 spiro atoms. The molecule has 0 saturated heterocycles. The van der Waals surface area contributed by atoms with Gasteiger partial charge >= 0.3 is 0 Å². The van der Waals surface area contributed by atoms with Crippen molar-refractivity contribution in [3.05, 3.63) is 54.1 Å². The summed E-state index contributed by atoms with van der Waals surface area (Å²) in [6.45, 7) is 0. The summed E-state index contributed by atoms with van der Waals surface area (Å²) in [5.41, 5.74) is 1.03. The van der Waals surface area contributed by atoms with Gasteiger partial charge < -0.3 is 9.90 Å². The molecule has 0 aliphatic heterocycles. The van der Waals surface area contributed by atoms with Gasteiger partial charge in [0.1, 0.15) is 0 Å². The molecule has 0 N–H and O–H groups in total. The number of hydrogen-bond donors (Lipinski definition) is 0. The smallest absolute Gasteiger partial charge is 0.0642 e. The highest BCUT2D eigenvalue weighted by atomic mass is 16.4. The topological polar surface area (TPSA) is 40.1 Å². The maximum atomic E-state index is 9.98. The van der Waals surface area contributed by atoms with Crippen molar-refractivity contribution in [2.45, 2.75) is 0 Å². The zero-order chi connectivity index (χ0) is 9.52. The monoisotopic (exact) mass is 173 g/mol. The molecule has 1 aromatic rings. The zero-order valence-corrected chi connectivity index (χ0v) is 7.01. The third-order valence-electron chi connectivity index (χ3n) is 1.43. The van der Waals surface area contributed by atoms with E-state index in [1.54, 1.807) is 6.08 Å². The molecule has 0 atom stereocenters. The van der Waals surface area contributed by atoms with Gasteiger partial charge in [-0.3, -0.25) is 0 Å². The molecular formula is C11H9O2-. The molecule has 0 radical (unpaired) electrons. The predicted molar refractivity (Wildman–Crippen MR) is 49.6 cm³/mol. The van der Waals surface area contributed by atoms with Gasteiger partial charge in [-0.1, -0.05) is 48.6 Å². The van der Waals surface area contributed by atoms with Crippen LogP contribution in [-0.2, 0) is 4.79 Å². The van der Waals surface area contributed by atoms with E-state index in [-0.39, 0.29) is 0 Å². The van der Waals surface area contributed by atoms with Crippen molar-refractivity contribution in [2.24, 2.45) is 0 Å². The maximum Gasteiger partial charge on any atom is 0.0642 e. The number of carbonyl (C=O) groups excluding carboxylic acids is 1. The van der Waals surface area contributed by atoms with E-state index in [2.05, 4.69) is 0 Å². The molecule has 1 rings (SSSR count). The highest BCUT2D eigenvalue weighted by Gasteiger charge is 1.79. The van der Waals surface area contributed by atoms with Crippen LogP contribution in [0.1, 0.15) is 5.56 Å². The van der Waals surface area contributed by atoms with Crippen molar-refractivity contribution < 1.29 is 9.90 Å². The Kier molecular flexibility index (Phi) is 3.51. The largest absolute Gasteiger partial charge is 0.545 e. The predicted octanol–water partition coefficient (Wildman–Crippen LogP) is 1.01. The van der Waals surface area contributed by atoms with Crippen LogP contribution in [0.15, 0.2) is 48.6 Å². The normalized spacial score (nSPS) is 11.1. The summed E-state index contributed by atoms with van der Waals surface area (Å²) in [7, 11) is 0. The summed E-state index contributed by atoms with van der Waals surface area (Å²) in [5.74, 6) is -1.18. The van der Waals surface area contributed by atoms with E-state index in [9.17, 15) is 9.90 Å². The molecule has 66 valence electrons. The minimum absolute atomic E-state index is 0.986. The molecule has 0 amide bonds. The maximum absolute atomic E-state index is 9.98. The molecule has 1 aromatic carbocycles. The van der Waals surface area contributed by atoms with Gasteiger partial charge in [-0.15, -0.1) is 0 Å². The lowest BCUT2D eigenvalue weighted by molar-refractivity contribution is -0.297. The first kappa shape index (κ1) is 9.26. The number of hydrogen-bond acceptors (Lipinski definition) is 2. The van der Waals surface area contributed by atoms with Gasteiger partial charge in [0, 0.05) is 0 Å². The molecule has 2 nitrogen and oxygen atoms in total. The Bertz CT molecular complexity index is 323. The van der Waals surface area contributed by atoms with Crippen LogP contribution in [0.5, 0.6) is 0 Å². The molecule has 2 heteroatoms. The molecular weight excluding hydrogens is 164 g/mol. The van der Waals surface area contributed by atoms with Crippen LogP contribution in [0.3, 0.4) is 0 Å². The molecule has 0 aliphatic carbocycles. The zero-order valence-electron chi connectivity index (χ0n) is 7.01. The fourth-order valence-electron chi connectivity index (χ4n) is 0.865. The average molecular weight is 173 g/mol. The fraction of sp³-hybridized carbons (Fsp3) is 0. The Morgan fingerprint density at radius 2 is 1.85 bits per heavy atom. The number of rotatable bonds is 3. The second-order valence-electron chi connectivity index (χ2n) is 2.45. The number of carbonyl (C=O) groups is 1. The highest BCUT2D eigenvalue weighted by molar-refractivity contribution is 5.78. The van der Waals surface area contributed by atoms with E-state index in [0.717, 1.165) is 11.6 Å². The summed E-state index contributed by atoms with van der Waals surface area (Å²) >= 11 is 0. The Hall–Kier alpha value is -1.83. The summed E-state index contributed by atoms with van der Waals surface area (Å²) < 4.78 is 0. The fourth-order valence-corrected chi connectivity index (χ4v) is 0.865. The van der Waals surface area contributed by atoms with Crippen molar-refractivity contribution in [2.75, 3.05) is 0 Å². The van der Waals surface area contributed by atoms with Crippen LogP contribution in [0.25, 0.3) is 6.08 Å². The van der Waals surface area contributed by atoms with Crippen molar-refractivity contribution in [3.8, 4) is 0 Å². The summed E-state index contributed by atoms with van der Waals surface area (Å²) in [5, 5.41) is 9.98. The third kappa shape index (κ3) is 3.91. The highest BCUT2D eigenvalue weighted by Crippen LogP contribution is 2.00. The quantitative estimate of drug-likeness (QED) is 0.505. The van der Waals surface area contributed by atoms with Crippen molar-refractivity contribution in [1.82, 2.24) is 0 Å². The molecule has 0 heterocycles. The Balaban J connectivity index is 2.55. The lowest BCUT2D eigenvalue weighted by Crippen LogP contribution is -2.18. The van der Waals surface area contributed by atoms with Crippen LogP contribution in [0, 0.1) is 0 Å². The first-order valence-electron chi connectivity index (χ1n) is 3.90. The van der Waals surface area contributed by atoms with E-state index in [1.807, 2.05) is 36.4 Å². The molecule has 0 aromatic heterocycles. The second-order valence-corrected chi connectivity index (χ2v) is 2.45. The average Bonchev–Trinajstić information content (AvgIpc) is 2.14. The van der Waals surface area contributed by atoms with E-state index in [0.29, 0.717) is 0 Å². The number of benzene rings is 1. The minimum Gasteiger partial charge on any atom is -0.545 e. The van der Waals surface area contributed by atoms with Crippen molar-refractivity contribution in [3.63, 3.8) is 0 Å². The van der Waals surface area contributed by atoms with Gasteiger partial charge in [0.25, 0.3) is 0 Å². The number of carboxylic acid groups (broad SMARTS) is 1. The van der Waals surface area contributed by atoms with Gasteiger partial charge in [-0.2, -0.15) is 0 Å². The van der Waals surface area contributed by atoms with Crippen LogP contribution in [-0.4, -0.2) is 5.97 Å². The molecule has 13 heavy (non-hydrogen) atoms. The molecule has 0 bridgehead atoms. The van der Waals surface area contributed by atoms with Gasteiger partial charge in [0.15, 0.2) is 0 Å². The Morgan fingerprint density at radius 3 is 2.46 bits per heavy atom. The van der Waals surface area contributed by atoms with Gasteiger partial charge in [0.05, 0.1) is 5.97 Å².